The molecule has 0 aliphatic rings. The first kappa shape index (κ1) is 29.7. The molecule has 4 aromatic rings. The lowest BCUT2D eigenvalue weighted by Crippen LogP contribution is -2.48. The number of aliphatic hydroxyl groups excluding tert-OH is 1. The lowest BCUT2D eigenvalue weighted by molar-refractivity contribution is -0.122. The molecule has 1 heterocycles. The molecule has 0 unspecified atom stereocenters. The second kappa shape index (κ2) is 13.8. The molecule has 0 bridgehead atoms. The van der Waals surface area contributed by atoms with Crippen LogP contribution in [0.2, 0.25) is 0 Å². The molecule has 210 valence electrons. The second-order valence-corrected chi connectivity index (χ2v) is 11.3. The number of rotatable bonds is 12. The van der Waals surface area contributed by atoms with Crippen molar-refractivity contribution in [2.45, 2.75) is 51.3 Å². The van der Waals surface area contributed by atoms with Crippen molar-refractivity contribution in [2.24, 2.45) is 0 Å². The normalized spacial score (nSPS) is 12.8. The molecule has 0 aliphatic carbocycles. The van der Waals surface area contributed by atoms with Crippen LogP contribution in [0.5, 0.6) is 0 Å². The largest absolute Gasteiger partial charge is 0.390 e. The lowest BCUT2D eigenvalue weighted by atomic mass is 10.00. The van der Waals surface area contributed by atoms with E-state index in [0.29, 0.717) is 21.6 Å². The van der Waals surface area contributed by atoms with E-state index in [0.717, 1.165) is 22.8 Å². The summed E-state index contributed by atoms with van der Waals surface area (Å²) in [6, 6.07) is 17.7. The Morgan fingerprint density at radius 3 is 2.45 bits per heavy atom. The van der Waals surface area contributed by atoms with Crippen LogP contribution < -0.4 is 10.6 Å². The molecule has 4 rings (SSSR count). The van der Waals surface area contributed by atoms with Crippen molar-refractivity contribution >= 4 is 45.6 Å². The minimum Gasteiger partial charge on any atom is -0.390 e. The lowest BCUT2D eigenvalue weighted by Gasteiger charge is -2.25. The smallest absolute Gasteiger partial charge is 0.233 e. The maximum absolute atomic E-state index is 13.8. The van der Waals surface area contributed by atoms with E-state index in [9.17, 15) is 23.5 Å². The first-order valence-corrected chi connectivity index (χ1v) is 14.3. The monoisotopic (exact) mass is 583 g/mol. The van der Waals surface area contributed by atoms with Crippen LogP contribution in [0.4, 0.5) is 8.78 Å². The predicted molar refractivity (Wildman–Crippen MR) is 156 cm³/mol. The SMILES string of the molecule is CCc1cccc(CNC[C@@H](O)[C@H](Cc2cc(F)cc(F)c2)NC(=O)CCC(=O)n2c(=S)sc3ccccc32)c1. The van der Waals surface area contributed by atoms with Crippen molar-refractivity contribution in [1.82, 2.24) is 15.2 Å². The summed E-state index contributed by atoms with van der Waals surface area (Å²) in [5, 5.41) is 16.9. The number of carbonyl (C=O) groups excluding carboxylic acids is 2. The van der Waals surface area contributed by atoms with E-state index in [1.807, 2.05) is 36.4 Å². The minimum absolute atomic E-state index is 0.00274. The van der Waals surface area contributed by atoms with Crippen LogP contribution in [0, 0.1) is 15.6 Å². The van der Waals surface area contributed by atoms with Crippen molar-refractivity contribution < 1.29 is 23.5 Å². The van der Waals surface area contributed by atoms with Gasteiger partial charge in [-0.3, -0.25) is 14.2 Å². The van der Waals surface area contributed by atoms with Gasteiger partial charge in [-0.05, 0) is 66.0 Å². The minimum atomic E-state index is -1.06. The number of aliphatic hydroxyl groups is 1. The first-order valence-electron chi connectivity index (χ1n) is 13.1. The van der Waals surface area contributed by atoms with E-state index >= 15 is 0 Å². The fourth-order valence-corrected chi connectivity index (χ4v) is 5.91. The van der Waals surface area contributed by atoms with Gasteiger partial charge in [-0.1, -0.05) is 43.3 Å². The number of benzene rings is 3. The third kappa shape index (κ3) is 7.88. The van der Waals surface area contributed by atoms with Crippen molar-refractivity contribution in [2.75, 3.05) is 6.54 Å². The average Bonchev–Trinajstić information content (AvgIpc) is 3.26. The number of nitrogens with zero attached hydrogens (tertiary/aromatic N) is 1. The van der Waals surface area contributed by atoms with Crippen molar-refractivity contribution in [3.05, 3.63) is 99.0 Å². The molecular weight excluding hydrogens is 552 g/mol. The van der Waals surface area contributed by atoms with Crippen LogP contribution in [0.15, 0.2) is 66.7 Å². The summed E-state index contributed by atoms with van der Waals surface area (Å²) >= 11 is 6.68. The maximum atomic E-state index is 13.8. The number of halogens is 2. The summed E-state index contributed by atoms with van der Waals surface area (Å²) in [4.78, 5) is 25.8. The second-order valence-electron chi connectivity index (χ2n) is 9.59. The molecule has 2 atom stereocenters. The van der Waals surface area contributed by atoms with E-state index in [4.69, 9.17) is 12.2 Å². The molecule has 0 saturated heterocycles. The number of fused-ring (bicyclic) bond motifs is 1. The van der Waals surface area contributed by atoms with Crippen LogP contribution in [0.25, 0.3) is 10.2 Å². The van der Waals surface area contributed by atoms with Crippen LogP contribution in [-0.2, 0) is 24.2 Å². The van der Waals surface area contributed by atoms with Gasteiger partial charge < -0.3 is 15.7 Å². The summed E-state index contributed by atoms with van der Waals surface area (Å²) in [6.45, 7) is 2.71. The Kier molecular flexibility index (Phi) is 10.3. The van der Waals surface area contributed by atoms with Gasteiger partial charge in [0.1, 0.15) is 11.6 Å². The summed E-state index contributed by atoms with van der Waals surface area (Å²) < 4.78 is 30.4. The predicted octanol–water partition coefficient (Wildman–Crippen LogP) is 5.57. The molecule has 0 spiro atoms. The highest BCUT2D eigenvalue weighted by Gasteiger charge is 2.23. The van der Waals surface area contributed by atoms with Gasteiger partial charge in [0.2, 0.25) is 11.8 Å². The summed E-state index contributed by atoms with van der Waals surface area (Å²) in [5.74, 6) is -2.25. The van der Waals surface area contributed by atoms with Gasteiger partial charge in [0.25, 0.3) is 0 Å². The van der Waals surface area contributed by atoms with Gasteiger partial charge in [-0.25, -0.2) is 8.78 Å². The quantitative estimate of drug-likeness (QED) is 0.190. The Morgan fingerprint density at radius 1 is 0.975 bits per heavy atom. The number of carbonyl (C=O) groups is 2. The molecule has 0 radical (unpaired) electrons. The van der Waals surface area contributed by atoms with Gasteiger partial charge in [-0.2, -0.15) is 0 Å². The third-order valence-electron chi connectivity index (χ3n) is 6.57. The van der Waals surface area contributed by atoms with Gasteiger partial charge in [0.05, 0.1) is 22.4 Å². The highest BCUT2D eigenvalue weighted by atomic mass is 32.1. The number of nitrogens with one attached hydrogen (secondary N) is 2. The molecule has 0 fully saturated rings. The molecule has 0 aliphatic heterocycles. The topological polar surface area (TPSA) is 83.4 Å². The maximum Gasteiger partial charge on any atom is 0.233 e. The molecule has 1 aromatic heterocycles. The molecule has 1 amide bonds. The highest BCUT2D eigenvalue weighted by molar-refractivity contribution is 7.73. The number of para-hydroxylation sites is 1. The molecule has 6 nitrogen and oxygen atoms in total. The molecule has 3 N–H and O–H groups in total. The number of amides is 1. The number of aromatic nitrogens is 1. The van der Waals surface area contributed by atoms with Crippen LogP contribution in [0.3, 0.4) is 0 Å². The molecule has 40 heavy (non-hydrogen) atoms. The summed E-state index contributed by atoms with van der Waals surface area (Å²) in [7, 11) is 0. The van der Waals surface area contributed by atoms with Crippen molar-refractivity contribution in [1.29, 1.82) is 0 Å². The van der Waals surface area contributed by atoms with E-state index in [-0.39, 0.29) is 31.7 Å². The van der Waals surface area contributed by atoms with E-state index in [2.05, 4.69) is 23.6 Å². The fourth-order valence-electron chi connectivity index (χ4n) is 4.55. The van der Waals surface area contributed by atoms with Gasteiger partial charge in [-0.15, -0.1) is 11.3 Å². The number of thiazole rings is 1. The Balaban J connectivity index is 1.40. The summed E-state index contributed by atoms with van der Waals surface area (Å²) in [5.41, 5.74) is 3.24. The third-order valence-corrected chi connectivity index (χ3v) is 7.93. The fraction of sp³-hybridized carbons (Fsp3) is 0.300. The zero-order valence-electron chi connectivity index (χ0n) is 22.0. The van der Waals surface area contributed by atoms with Crippen LogP contribution >= 0.6 is 23.6 Å². The number of aryl methyl sites for hydroxylation is 1. The Labute approximate surface area is 240 Å². The Hall–Kier alpha value is -3.31. The Morgan fingerprint density at radius 2 is 1.70 bits per heavy atom. The highest BCUT2D eigenvalue weighted by Crippen LogP contribution is 2.23. The molecule has 0 saturated carbocycles. The van der Waals surface area contributed by atoms with E-state index < -0.39 is 29.7 Å². The zero-order chi connectivity index (χ0) is 28.6. The van der Waals surface area contributed by atoms with Crippen molar-refractivity contribution in [3.8, 4) is 0 Å². The van der Waals surface area contributed by atoms with E-state index in [1.165, 1.54) is 33.6 Å². The first-order chi connectivity index (χ1) is 19.2. The number of hydrogen-bond donors (Lipinski definition) is 3. The summed E-state index contributed by atoms with van der Waals surface area (Å²) in [6.07, 6.45) is -0.378. The molecular formula is C30H31F2N3O3S2. The van der Waals surface area contributed by atoms with Gasteiger partial charge in [0, 0.05) is 32.0 Å². The Bertz CT molecular complexity index is 1530. The standard InChI is InChI=1S/C30H31F2N3O3S2/c1-2-19-6-5-7-20(12-19)17-33-18-26(36)24(15-21-13-22(31)16-23(32)14-21)34-28(37)10-11-29(38)35-25-8-3-4-9-27(25)40-30(35)39/h3-9,12-14,16,24,26,33,36H,2,10-11,15,17-18H2,1H3,(H,34,37)/t24-,26+/m0/s1. The van der Waals surface area contributed by atoms with Gasteiger partial charge in [0.15, 0.2) is 3.95 Å². The van der Waals surface area contributed by atoms with Gasteiger partial charge >= 0.3 is 0 Å². The van der Waals surface area contributed by atoms with Crippen molar-refractivity contribution in [3.63, 3.8) is 0 Å². The van der Waals surface area contributed by atoms with Crippen LogP contribution in [0.1, 0.15) is 41.3 Å². The average molecular weight is 584 g/mol. The molecule has 10 heteroatoms. The molecule has 3 aromatic carbocycles. The zero-order valence-corrected chi connectivity index (χ0v) is 23.7. The van der Waals surface area contributed by atoms with Crippen LogP contribution in [-0.4, -0.2) is 40.2 Å². The van der Waals surface area contributed by atoms with E-state index in [1.54, 1.807) is 6.07 Å². The number of hydrogen-bond acceptors (Lipinski definition) is 6.